The van der Waals surface area contributed by atoms with E-state index in [0.29, 0.717) is 30.3 Å². The van der Waals surface area contributed by atoms with E-state index in [0.717, 1.165) is 72.8 Å². The van der Waals surface area contributed by atoms with Crippen molar-refractivity contribution in [1.29, 1.82) is 0 Å². The van der Waals surface area contributed by atoms with Gasteiger partial charge in [-0.2, -0.15) is 0 Å². The fraction of sp³-hybridized carbons (Fsp3) is 0.462. The minimum absolute atomic E-state index is 0.0690. The van der Waals surface area contributed by atoms with Crippen LogP contribution in [0.5, 0.6) is 0 Å². The molecule has 34 heavy (non-hydrogen) atoms. The fourth-order valence-corrected chi connectivity index (χ4v) is 4.60. The van der Waals surface area contributed by atoms with Crippen molar-refractivity contribution in [3.8, 4) is 0 Å². The van der Waals surface area contributed by atoms with Crippen molar-refractivity contribution in [1.82, 2.24) is 15.3 Å². The van der Waals surface area contributed by atoms with Gasteiger partial charge in [-0.25, -0.2) is 4.98 Å². The molecule has 1 fully saturated rings. The Morgan fingerprint density at radius 2 is 2.03 bits per heavy atom. The minimum atomic E-state index is -0.0690. The molecule has 2 aliphatic rings. The Balaban J connectivity index is 1.47. The molecule has 8 heteroatoms. The van der Waals surface area contributed by atoms with Gasteiger partial charge < -0.3 is 20.7 Å². The molecule has 2 aliphatic heterocycles. The third-order valence-corrected chi connectivity index (χ3v) is 6.54. The lowest BCUT2D eigenvalue weighted by molar-refractivity contribution is 0.0642. The number of rotatable bonds is 6. The van der Waals surface area contributed by atoms with Gasteiger partial charge in [-0.15, -0.1) is 0 Å². The number of carbonyl (C=O) groups excluding carboxylic acids is 1. The minimum Gasteiger partial charge on any atom is -0.402 e. The van der Waals surface area contributed by atoms with Crippen LogP contribution in [0.3, 0.4) is 0 Å². The van der Waals surface area contributed by atoms with Gasteiger partial charge >= 0.3 is 0 Å². The molecule has 1 saturated heterocycles. The molecule has 3 N–H and O–H groups in total. The highest BCUT2D eigenvalue weighted by atomic mass is 16.5. The van der Waals surface area contributed by atoms with Crippen molar-refractivity contribution in [2.45, 2.75) is 39.7 Å². The Morgan fingerprint density at radius 1 is 1.26 bits per heavy atom. The van der Waals surface area contributed by atoms with Crippen molar-refractivity contribution in [3.63, 3.8) is 0 Å². The van der Waals surface area contributed by atoms with E-state index in [9.17, 15) is 4.79 Å². The number of anilines is 1. The molecule has 0 radical (unpaired) electrons. The van der Waals surface area contributed by atoms with Gasteiger partial charge in [0.05, 0.1) is 5.56 Å². The number of aryl methyl sites for hydroxylation is 1. The van der Waals surface area contributed by atoms with Crippen LogP contribution in [-0.2, 0) is 17.7 Å². The number of pyridine rings is 2. The third kappa shape index (κ3) is 5.44. The van der Waals surface area contributed by atoms with E-state index >= 15 is 0 Å². The SMILES string of the molecule is CN=C/C(=C(/C)N)c1cnc2c(c1)CN(c1ncc(C(=O)NCC3CCOCC3)cc1C)CC2. The molecular formula is C26H34N6O2. The average Bonchev–Trinajstić information content (AvgIpc) is 2.85. The van der Waals surface area contributed by atoms with Crippen molar-refractivity contribution < 1.29 is 9.53 Å². The number of aromatic nitrogens is 2. The van der Waals surface area contributed by atoms with Crippen LogP contribution in [0, 0.1) is 12.8 Å². The zero-order valence-corrected chi connectivity index (χ0v) is 20.3. The quantitative estimate of drug-likeness (QED) is 0.640. The zero-order valence-electron chi connectivity index (χ0n) is 20.3. The largest absolute Gasteiger partial charge is 0.402 e. The molecule has 1 amide bonds. The average molecular weight is 463 g/mol. The van der Waals surface area contributed by atoms with Gasteiger partial charge in [0.1, 0.15) is 5.82 Å². The Morgan fingerprint density at radius 3 is 2.74 bits per heavy atom. The number of aliphatic imine (C=N–C) groups is 1. The summed E-state index contributed by atoms with van der Waals surface area (Å²) in [5.74, 6) is 1.32. The molecule has 4 rings (SSSR count). The summed E-state index contributed by atoms with van der Waals surface area (Å²) in [7, 11) is 1.74. The summed E-state index contributed by atoms with van der Waals surface area (Å²) < 4.78 is 5.39. The normalized spacial score (nSPS) is 17.4. The lowest BCUT2D eigenvalue weighted by Gasteiger charge is -2.30. The number of hydrogen-bond donors (Lipinski definition) is 2. The van der Waals surface area contributed by atoms with Crippen molar-refractivity contribution in [3.05, 3.63) is 58.2 Å². The Labute approximate surface area is 201 Å². The van der Waals surface area contributed by atoms with Crippen molar-refractivity contribution in [2.75, 3.05) is 38.3 Å². The molecule has 2 aromatic rings. The van der Waals surface area contributed by atoms with E-state index in [1.807, 2.05) is 26.1 Å². The van der Waals surface area contributed by atoms with Crippen LogP contribution in [0.25, 0.3) is 5.57 Å². The molecule has 2 aromatic heterocycles. The highest BCUT2D eigenvalue weighted by Crippen LogP contribution is 2.27. The maximum atomic E-state index is 12.7. The number of nitrogens with zero attached hydrogens (tertiary/aromatic N) is 4. The van der Waals surface area contributed by atoms with Gasteiger partial charge in [-0.05, 0) is 55.9 Å². The van der Waals surface area contributed by atoms with Gasteiger partial charge in [-0.3, -0.25) is 14.8 Å². The summed E-state index contributed by atoms with van der Waals surface area (Å²) in [4.78, 5) is 28.4. The first-order chi connectivity index (χ1) is 16.5. The van der Waals surface area contributed by atoms with E-state index in [2.05, 4.69) is 26.3 Å². The highest BCUT2D eigenvalue weighted by Gasteiger charge is 2.22. The van der Waals surface area contributed by atoms with E-state index < -0.39 is 0 Å². The second-order valence-corrected chi connectivity index (χ2v) is 9.12. The van der Waals surface area contributed by atoms with Gasteiger partial charge in [0.15, 0.2) is 0 Å². The summed E-state index contributed by atoms with van der Waals surface area (Å²) in [6, 6.07) is 4.08. The van der Waals surface area contributed by atoms with Crippen LogP contribution < -0.4 is 16.0 Å². The first-order valence-electron chi connectivity index (χ1n) is 11.9. The Hall–Kier alpha value is -3.26. The van der Waals surface area contributed by atoms with Gasteiger partial charge in [-0.1, -0.05) is 0 Å². The molecule has 0 aromatic carbocycles. The van der Waals surface area contributed by atoms with Crippen LogP contribution in [0.2, 0.25) is 0 Å². The van der Waals surface area contributed by atoms with Crippen LogP contribution >= 0.6 is 0 Å². The number of ether oxygens (including phenoxy) is 1. The molecule has 0 spiro atoms. The molecule has 4 heterocycles. The molecule has 0 atom stereocenters. The predicted molar refractivity (Wildman–Crippen MR) is 135 cm³/mol. The number of allylic oxidation sites excluding steroid dienone is 2. The monoisotopic (exact) mass is 462 g/mol. The summed E-state index contributed by atoms with van der Waals surface area (Å²) in [6.45, 7) is 7.66. The van der Waals surface area contributed by atoms with Crippen LogP contribution in [-0.4, -0.2) is 55.4 Å². The summed E-state index contributed by atoms with van der Waals surface area (Å²) in [6.07, 6.45) is 8.17. The third-order valence-electron chi connectivity index (χ3n) is 6.54. The highest BCUT2D eigenvalue weighted by molar-refractivity contribution is 6.10. The first-order valence-corrected chi connectivity index (χ1v) is 11.9. The van der Waals surface area contributed by atoms with Gasteiger partial charge in [0.2, 0.25) is 0 Å². The van der Waals surface area contributed by atoms with Crippen LogP contribution in [0.4, 0.5) is 5.82 Å². The smallest absolute Gasteiger partial charge is 0.252 e. The standard InChI is InChI=1S/C26H34N6O2/c1-17-10-21(26(33)31-12-19-5-8-34-9-6-19)14-30-25(17)32-7-4-24-22(16-32)11-20(13-29-24)23(15-28-3)18(2)27/h10-11,13-15,19H,4-9,12,16,27H2,1-3H3,(H,31,33)/b23-18+,28-15?. The van der Waals surface area contributed by atoms with Crippen LogP contribution in [0.15, 0.2) is 35.2 Å². The molecular weight excluding hydrogens is 428 g/mol. The lowest BCUT2D eigenvalue weighted by atomic mass is 9.99. The number of nitrogens with two attached hydrogens (primary N) is 1. The predicted octanol–water partition coefficient (Wildman–Crippen LogP) is 2.89. The number of carbonyl (C=O) groups is 1. The molecule has 0 bridgehead atoms. The number of nitrogens with one attached hydrogen (secondary N) is 1. The van der Waals surface area contributed by atoms with E-state index in [4.69, 9.17) is 15.5 Å². The summed E-state index contributed by atoms with van der Waals surface area (Å²) in [5.41, 5.74) is 12.5. The number of fused-ring (bicyclic) bond motifs is 1. The molecule has 0 aliphatic carbocycles. The second-order valence-electron chi connectivity index (χ2n) is 9.12. The molecule has 0 unspecified atom stereocenters. The second kappa shape index (κ2) is 10.8. The van der Waals surface area contributed by atoms with E-state index in [-0.39, 0.29) is 5.91 Å². The molecule has 0 saturated carbocycles. The van der Waals surface area contributed by atoms with E-state index in [1.54, 1.807) is 19.5 Å². The summed E-state index contributed by atoms with van der Waals surface area (Å²) in [5, 5.41) is 3.06. The topological polar surface area (TPSA) is 106 Å². The zero-order chi connectivity index (χ0) is 24.1. The maximum Gasteiger partial charge on any atom is 0.252 e. The fourth-order valence-electron chi connectivity index (χ4n) is 4.60. The molecule has 8 nitrogen and oxygen atoms in total. The van der Waals surface area contributed by atoms with Crippen LogP contribution in [0.1, 0.15) is 52.5 Å². The Bertz CT molecular complexity index is 1100. The first kappa shape index (κ1) is 23.9. The Kier molecular flexibility index (Phi) is 7.57. The van der Waals surface area contributed by atoms with Gasteiger partial charge in [0.25, 0.3) is 5.91 Å². The van der Waals surface area contributed by atoms with E-state index in [1.165, 1.54) is 0 Å². The maximum absolute atomic E-state index is 12.7. The van der Waals surface area contributed by atoms with Crippen molar-refractivity contribution >= 4 is 23.5 Å². The number of amides is 1. The summed E-state index contributed by atoms with van der Waals surface area (Å²) >= 11 is 0. The van der Waals surface area contributed by atoms with Gasteiger partial charge in [0, 0.05) is 87.5 Å². The number of hydrogen-bond acceptors (Lipinski definition) is 7. The van der Waals surface area contributed by atoms with Crippen molar-refractivity contribution in [2.24, 2.45) is 16.6 Å². The molecule has 180 valence electrons. The lowest BCUT2D eigenvalue weighted by Crippen LogP contribution is -2.33.